The van der Waals surface area contributed by atoms with E-state index in [2.05, 4.69) is 17.0 Å². The minimum Gasteiger partial charge on any atom is -0.393 e. The quantitative estimate of drug-likeness (QED) is 0.872. The molecule has 3 heteroatoms. The normalized spacial score (nSPS) is 26.7. The summed E-state index contributed by atoms with van der Waals surface area (Å²) in [6.45, 7) is 2.18. The minimum absolute atomic E-state index is 0.341. The summed E-state index contributed by atoms with van der Waals surface area (Å²) in [5.41, 5.74) is -0.0892. The molecule has 0 aromatic heterocycles. The molecule has 0 spiro atoms. The Morgan fingerprint density at radius 3 is 2.65 bits per heavy atom. The number of benzene rings is 1. The molecule has 1 aromatic rings. The second kappa shape index (κ2) is 5.61. The van der Waals surface area contributed by atoms with Crippen LogP contribution in [0.15, 0.2) is 30.3 Å². The number of rotatable bonds is 3. The van der Waals surface area contributed by atoms with E-state index in [9.17, 15) is 4.39 Å². The van der Waals surface area contributed by atoms with Crippen LogP contribution in [0, 0.1) is 0 Å². The minimum atomic E-state index is -1.36. The van der Waals surface area contributed by atoms with Crippen molar-refractivity contribution in [3.05, 3.63) is 35.9 Å². The fourth-order valence-corrected chi connectivity index (χ4v) is 2.37. The Hall–Kier alpha value is -0.930. The van der Waals surface area contributed by atoms with E-state index in [-0.39, 0.29) is 6.61 Å². The topological polar surface area (TPSA) is 23.5 Å². The van der Waals surface area contributed by atoms with Crippen molar-refractivity contribution < 1.29 is 9.50 Å². The van der Waals surface area contributed by atoms with E-state index >= 15 is 0 Å². The predicted molar refractivity (Wildman–Crippen MR) is 66.5 cm³/mol. The van der Waals surface area contributed by atoms with Gasteiger partial charge in [0.15, 0.2) is 0 Å². The van der Waals surface area contributed by atoms with Crippen molar-refractivity contribution in [3.8, 4) is 0 Å². The molecular weight excluding hydrogens is 217 g/mol. The molecule has 2 nitrogen and oxygen atoms in total. The van der Waals surface area contributed by atoms with Gasteiger partial charge >= 0.3 is 0 Å². The molecule has 1 atom stereocenters. The molecule has 2 rings (SSSR count). The van der Waals surface area contributed by atoms with Crippen molar-refractivity contribution in [3.63, 3.8) is 0 Å². The lowest BCUT2D eigenvalue weighted by Gasteiger charge is -2.22. The predicted octanol–water partition coefficient (Wildman–Crippen LogP) is 2.37. The summed E-state index contributed by atoms with van der Waals surface area (Å²) in [4.78, 5) is 2.27. The number of aliphatic hydroxyl groups excluding tert-OH is 1. The van der Waals surface area contributed by atoms with Crippen LogP contribution in [-0.2, 0) is 6.54 Å². The summed E-state index contributed by atoms with van der Waals surface area (Å²) in [6, 6.07) is 10.3. The second-order valence-electron chi connectivity index (χ2n) is 4.92. The molecule has 0 aliphatic carbocycles. The van der Waals surface area contributed by atoms with Gasteiger partial charge in [-0.05, 0) is 31.4 Å². The Kier molecular flexibility index (Phi) is 4.13. The van der Waals surface area contributed by atoms with E-state index in [4.69, 9.17) is 5.11 Å². The first-order chi connectivity index (χ1) is 8.22. The van der Waals surface area contributed by atoms with Crippen molar-refractivity contribution >= 4 is 0 Å². The Balaban J connectivity index is 1.91. The van der Waals surface area contributed by atoms with Crippen LogP contribution in [0.1, 0.15) is 24.8 Å². The zero-order valence-corrected chi connectivity index (χ0v) is 10.1. The molecule has 1 aromatic carbocycles. The summed E-state index contributed by atoms with van der Waals surface area (Å²) in [7, 11) is 0. The molecule has 0 saturated carbocycles. The lowest BCUT2D eigenvalue weighted by Crippen LogP contribution is -2.30. The zero-order valence-electron chi connectivity index (χ0n) is 10.1. The maximum absolute atomic E-state index is 14.0. The number of halogens is 1. The Labute approximate surface area is 102 Å². The highest BCUT2D eigenvalue weighted by Gasteiger charge is 2.31. The molecule has 1 aliphatic rings. The van der Waals surface area contributed by atoms with Gasteiger partial charge < -0.3 is 5.11 Å². The van der Waals surface area contributed by atoms with E-state index < -0.39 is 5.67 Å². The SMILES string of the molecule is OCC1(F)CCCN(Cc2ccccc2)CC1. The number of hydrogen-bond donors (Lipinski definition) is 1. The van der Waals surface area contributed by atoms with E-state index in [0.717, 1.165) is 26.1 Å². The van der Waals surface area contributed by atoms with Crippen LogP contribution in [-0.4, -0.2) is 35.4 Å². The van der Waals surface area contributed by atoms with Gasteiger partial charge in [-0.25, -0.2) is 4.39 Å². The summed E-state index contributed by atoms with van der Waals surface area (Å²) in [6.07, 6.45) is 1.75. The highest BCUT2D eigenvalue weighted by Crippen LogP contribution is 2.26. The highest BCUT2D eigenvalue weighted by molar-refractivity contribution is 5.14. The Morgan fingerprint density at radius 1 is 1.18 bits per heavy atom. The first-order valence-electron chi connectivity index (χ1n) is 6.28. The molecular formula is C14H20FNO. The highest BCUT2D eigenvalue weighted by atomic mass is 19.1. The third-order valence-electron chi connectivity index (χ3n) is 3.51. The second-order valence-corrected chi connectivity index (χ2v) is 4.92. The van der Waals surface area contributed by atoms with Crippen LogP contribution in [0.5, 0.6) is 0 Å². The summed E-state index contributed by atoms with van der Waals surface area (Å²) in [5.74, 6) is 0. The maximum Gasteiger partial charge on any atom is 0.135 e. The van der Waals surface area contributed by atoms with Gasteiger partial charge in [0.25, 0.3) is 0 Å². The molecule has 1 heterocycles. The summed E-state index contributed by atoms with van der Waals surface area (Å²) in [5, 5.41) is 9.06. The smallest absolute Gasteiger partial charge is 0.135 e. The molecule has 0 bridgehead atoms. The zero-order chi connectivity index (χ0) is 12.1. The fraction of sp³-hybridized carbons (Fsp3) is 0.571. The summed E-state index contributed by atoms with van der Waals surface area (Å²) >= 11 is 0. The van der Waals surface area contributed by atoms with Gasteiger partial charge in [-0.2, -0.15) is 0 Å². The van der Waals surface area contributed by atoms with Gasteiger partial charge in [0.2, 0.25) is 0 Å². The lowest BCUT2D eigenvalue weighted by atomic mass is 9.98. The summed E-state index contributed by atoms with van der Waals surface area (Å²) < 4.78 is 14.0. The molecule has 1 aliphatic heterocycles. The van der Waals surface area contributed by atoms with Crippen molar-refractivity contribution in [1.82, 2.24) is 4.90 Å². The number of likely N-dealkylation sites (tertiary alicyclic amines) is 1. The molecule has 1 fully saturated rings. The largest absolute Gasteiger partial charge is 0.393 e. The average molecular weight is 237 g/mol. The van der Waals surface area contributed by atoms with E-state index in [1.165, 1.54) is 5.56 Å². The van der Waals surface area contributed by atoms with E-state index in [1.807, 2.05) is 18.2 Å². The molecule has 94 valence electrons. The van der Waals surface area contributed by atoms with Gasteiger partial charge in [-0.3, -0.25) is 4.90 Å². The third-order valence-corrected chi connectivity index (χ3v) is 3.51. The van der Waals surface area contributed by atoms with Crippen molar-refractivity contribution in [1.29, 1.82) is 0 Å². The van der Waals surface area contributed by atoms with Crippen LogP contribution >= 0.6 is 0 Å². The van der Waals surface area contributed by atoms with Crippen LogP contribution in [0.25, 0.3) is 0 Å². The van der Waals surface area contributed by atoms with Crippen LogP contribution in [0.3, 0.4) is 0 Å². The first-order valence-corrected chi connectivity index (χ1v) is 6.28. The molecule has 0 radical (unpaired) electrons. The van der Waals surface area contributed by atoms with Crippen molar-refractivity contribution in [2.24, 2.45) is 0 Å². The van der Waals surface area contributed by atoms with Crippen molar-refractivity contribution in [2.45, 2.75) is 31.5 Å². The van der Waals surface area contributed by atoms with E-state index in [0.29, 0.717) is 12.8 Å². The lowest BCUT2D eigenvalue weighted by molar-refractivity contribution is 0.0565. The van der Waals surface area contributed by atoms with Gasteiger partial charge in [0, 0.05) is 13.1 Å². The fourth-order valence-electron chi connectivity index (χ4n) is 2.37. The van der Waals surface area contributed by atoms with Gasteiger partial charge in [0.1, 0.15) is 5.67 Å². The Morgan fingerprint density at radius 2 is 1.94 bits per heavy atom. The number of hydrogen-bond acceptors (Lipinski definition) is 2. The average Bonchev–Trinajstić information content (AvgIpc) is 2.54. The monoisotopic (exact) mass is 237 g/mol. The number of aliphatic hydroxyl groups is 1. The maximum atomic E-state index is 14.0. The molecule has 17 heavy (non-hydrogen) atoms. The van der Waals surface area contributed by atoms with Gasteiger partial charge in [0.05, 0.1) is 6.61 Å². The number of nitrogens with zero attached hydrogens (tertiary/aromatic N) is 1. The standard InChI is InChI=1S/C14H20FNO/c15-14(12-17)7-4-9-16(10-8-14)11-13-5-2-1-3-6-13/h1-3,5-6,17H,4,7-12H2. The molecule has 0 amide bonds. The molecule has 1 saturated heterocycles. The van der Waals surface area contributed by atoms with Crippen LogP contribution in [0.2, 0.25) is 0 Å². The van der Waals surface area contributed by atoms with Crippen LogP contribution in [0.4, 0.5) is 4.39 Å². The van der Waals surface area contributed by atoms with Gasteiger partial charge in [-0.1, -0.05) is 30.3 Å². The van der Waals surface area contributed by atoms with Crippen LogP contribution < -0.4 is 0 Å². The molecule has 1 unspecified atom stereocenters. The Bertz CT molecular complexity index is 343. The molecule has 1 N–H and O–H groups in total. The van der Waals surface area contributed by atoms with E-state index in [1.54, 1.807) is 0 Å². The number of alkyl halides is 1. The first kappa shape index (κ1) is 12.5. The van der Waals surface area contributed by atoms with Gasteiger partial charge in [-0.15, -0.1) is 0 Å². The third kappa shape index (κ3) is 3.51. The van der Waals surface area contributed by atoms with Crippen molar-refractivity contribution in [2.75, 3.05) is 19.7 Å².